The monoisotopic (exact) mass is 238 g/mol. The summed E-state index contributed by atoms with van der Waals surface area (Å²) in [5.74, 6) is 0. The van der Waals surface area contributed by atoms with Crippen LogP contribution in [0, 0.1) is 25.2 Å². The van der Waals surface area contributed by atoms with Gasteiger partial charge >= 0.3 is 0 Å². The Morgan fingerprint density at radius 2 is 1.89 bits per heavy atom. The summed E-state index contributed by atoms with van der Waals surface area (Å²) in [6.07, 6.45) is 0. The Kier molecular flexibility index (Phi) is 3.03. The highest BCUT2D eigenvalue weighted by molar-refractivity contribution is 5.65. The molecule has 0 saturated carbocycles. The van der Waals surface area contributed by atoms with Gasteiger partial charge in [-0.25, -0.2) is 0 Å². The lowest BCUT2D eigenvalue weighted by Gasteiger charge is -2.12. The molecular weight excluding hydrogens is 224 g/mol. The van der Waals surface area contributed by atoms with E-state index in [1.807, 2.05) is 38.1 Å². The lowest BCUT2D eigenvalue weighted by atomic mass is 10.0. The normalized spacial score (nSPS) is 10.1. The molecule has 0 aliphatic carbocycles. The number of pyridine rings is 1. The molecular formula is C15H14N2O. The summed E-state index contributed by atoms with van der Waals surface area (Å²) in [5.41, 5.74) is 4.04. The van der Waals surface area contributed by atoms with Crippen molar-refractivity contribution in [3.63, 3.8) is 0 Å². The van der Waals surface area contributed by atoms with E-state index in [-0.39, 0.29) is 11.1 Å². The minimum Gasteiger partial charge on any atom is -0.310 e. The second kappa shape index (κ2) is 4.50. The van der Waals surface area contributed by atoms with Crippen LogP contribution in [0.25, 0.3) is 11.3 Å². The van der Waals surface area contributed by atoms with E-state index in [9.17, 15) is 4.79 Å². The second-order valence-corrected chi connectivity index (χ2v) is 4.43. The van der Waals surface area contributed by atoms with Crippen molar-refractivity contribution >= 4 is 0 Å². The molecule has 0 spiro atoms. The van der Waals surface area contributed by atoms with Gasteiger partial charge in [-0.3, -0.25) is 4.79 Å². The van der Waals surface area contributed by atoms with Gasteiger partial charge in [0.1, 0.15) is 11.6 Å². The molecule has 0 N–H and O–H groups in total. The minimum atomic E-state index is -0.254. The molecule has 3 heteroatoms. The van der Waals surface area contributed by atoms with Crippen LogP contribution in [0.15, 0.2) is 35.1 Å². The third-order valence-electron chi connectivity index (χ3n) is 3.09. The van der Waals surface area contributed by atoms with Crippen molar-refractivity contribution < 1.29 is 0 Å². The number of rotatable bonds is 1. The maximum absolute atomic E-state index is 11.9. The van der Waals surface area contributed by atoms with Gasteiger partial charge in [-0.05, 0) is 37.6 Å². The molecule has 1 aromatic carbocycles. The van der Waals surface area contributed by atoms with E-state index in [2.05, 4.69) is 6.07 Å². The zero-order valence-corrected chi connectivity index (χ0v) is 10.7. The van der Waals surface area contributed by atoms with Crippen molar-refractivity contribution in [2.75, 3.05) is 0 Å². The second-order valence-electron chi connectivity index (χ2n) is 4.43. The largest absolute Gasteiger partial charge is 0.310 e. The maximum atomic E-state index is 11.9. The van der Waals surface area contributed by atoms with Crippen LogP contribution in [0.3, 0.4) is 0 Å². The van der Waals surface area contributed by atoms with Gasteiger partial charge in [-0.2, -0.15) is 5.26 Å². The first-order chi connectivity index (χ1) is 8.54. The molecule has 0 aliphatic heterocycles. The molecule has 3 nitrogen and oxygen atoms in total. The molecule has 0 radical (unpaired) electrons. The van der Waals surface area contributed by atoms with Crippen molar-refractivity contribution in [1.29, 1.82) is 5.26 Å². The van der Waals surface area contributed by atoms with Crippen LogP contribution in [0.5, 0.6) is 0 Å². The Labute approximate surface area is 106 Å². The number of hydrogen-bond donors (Lipinski definition) is 0. The van der Waals surface area contributed by atoms with E-state index in [1.54, 1.807) is 13.1 Å². The molecule has 1 aromatic heterocycles. The van der Waals surface area contributed by atoms with E-state index in [0.717, 1.165) is 22.4 Å². The molecule has 1 heterocycles. The van der Waals surface area contributed by atoms with Gasteiger partial charge in [0, 0.05) is 12.6 Å². The summed E-state index contributed by atoms with van der Waals surface area (Å²) in [7, 11) is 1.69. The molecule has 0 bridgehead atoms. The van der Waals surface area contributed by atoms with E-state index < -0.39 is 0 Å². The summed E-state index contributed by atoms with van der Waals surface area (Å²) < 4.78 is 1.53. The smallest absolute Gasteiger partial charge is 0.268 e. The highest BCUT2D eigenvalue weighted by atomic mass is 16.1. The lowest BCUT2D eigenvalue weighted by Crippen LogP contribution is -2.20. The van der Waals surface area contributed by atoms with Crippen LogP contribution in [0.1, 0.15) is 16.7 Å². The number of aromatic nitrogens is 1. The first-order valence-corrected chi connectivity index (χ1v) is 5.72. The highest BCUT2D eigenvalue weighted by Gasteiger charge is 2.09. The Hall–Kier alpha value is -2.34. The minimum absolute atomic E-state index is 0.173. The maximum Gasteiger partial charge on any atom is 0.268 e. The molecule has 0 aliphatic rings. The van der Waals surface area contributed by atoms with E-state index >= 15 is 0 Å². The van der Waals surface area contributed by atoms with Gasteiger partial charge in [0.25, 0.3) is 5.56 Å². The Morgan fingerprint density at radius 1 is 1.17 bits per heavy atom. The zero-order valence-electron chi connectivity index (χ0n) is 10.7. The SMILES string of the molecule is Cc1ccc(C)c(-c2ccc(C#N)c(=O)n2C)c1. The fraction of sp³-hybridized carbons (Fsp3) is 0.200. The molecule has 2 aromatic rings. The summed E-state index contributed by atoms with van der Waals surface area (Å²) in [6.45, 7) is 4.03. The summed E-state index contributed by atoms with van der Waals surface area (Å²) >= 11 is 0. The van der Waals surface area contributed by atoms with Crippen LogP contribution in [-0.4, -0.2) is 4.57 Å². The molecule has 18 heavy (non-hydrogen) atoms. The summed E-state index contributed by atoms with van der Waals surface area (Å²) in [5, 5.41) is 8.84. The van der Waals surface area contributed by atoms with Crippen molar-refractivity contribution in [2.24, 2.45) is 7.05 Å². The standard InChI is InChI=1S/C15H14N2O/c1-10-4-5-11(2)13(8-10)14-7-6-12(9-16)15(18)17(14)3/h4-8H,1-3H3. The molecule has 0 saturated heterocycles. The number of nitrogens with zero attached hydrogens (tertiary/aromatic N) is 2. The van der Waals surface area contributed by atoms with Gasteiger partial charge in [0.05, 0.1) is 5.69 Å². The fourth-order valence-corrected chi connectivity index (χ4v) is 2.00. The van der Waals surface area contributed by atoms with Crippen molar-refractivity contribution in [3.05, 3.63) is 57.4 Å². The first kappa shape index (κ1) is 12.1. The fourth-order valence-electron chi connectivity index (χ4n) is 2.00. The van der Waals surface area contributed by atoms with Crippen molar-refractivity contribution in [3.8, 4) is 17.3 Å². The van der Waals surface area contributed by atoms with Gasteiger partial charge in [-0.1, -0.05) is 17.7 Å². The third-order valence-corrected chi connectivity index (χ3v) is 3.09. The number of hydrogen-bond acceptors (Lipinski definition) is 2. The quantitative estimate of drug-likeness (QED) is 0.766. The lowest BCUT2D eigenvalue weighted by molar-refractivity contribution is 0.864. The zero-order chi connectivity index (χ0) is 13.3. The van der Waals surface area contributed by atoms with Crippen LogP contribution in [0.2, 0.25) is 0 Å². The molecule has 0 amide bonds. The van der Waals surface area contributed by atoms with Gasteiger partial charge in [-0.15, -0.1) is 0 Å². The molecule has 0 atom stereocenters. The number of nitriles is 1. The van der Waals surface area contributed by atoms with Gasteiger partial charge in [0.2, 0.25) is 0 Å². The van der Waals surface area contributed by atoms with Crippen LogP contribution in [0.4, 0.5) is 0 Å². The first-order valence-electron chi connectivity index (χ1n) is 5.72. The predicted octanol–water partition coefficient (Wildman–Crippen LogP) is 2.54. The predicted molar refractivity (Wildman–Crippen MR) is 71.3 cm³/mol. The molecule has 90 valence electrons. The highest BCUT2D eigenvalue weighted by Crippen LogP contribution is 2.23. The van der Waals surface area contributed by atoms with Crippen LogP contribution in [-0.2, 0) is 7.05 Å². The molecule has 0 unspecified atom stereocenters. The molecule has 0 fully saturated rings. The Morgan fingerprint density at radius 3 is 2.56 bits per heavy atom. The van der Waals surface area contributed by atoms with E-state index in [0.29, 0.717) is 0 Å². The van der Waals surface area contributed by atoms with Crippen LogP contribution >= 0.6 is 0 Å². The third kappa shape index (κ3) is 1.93. The Balaban J connectivity index is 2.74. The van der Waals surface area contributed by atoms with E-state index in [4.69, 9.17) is 5.26 Å². The average molecular weight is 238 g/mol. The summed E-state index contributed by atoms with van der Waals surface area (Å²) in [4.78, 5) is 11.9. The van der Waals surface area contributed by atoms with Gasteiger partial charge in [0.15, 0.2) is 0 Å². The average Bonchev–Trinajstić information content (AvgIpc) is 2.36. The van der Waals surface area contributed by atoms with E-state index in [1.165, 1.54) is 4.57 Å². The Bertz CT molecular complexity index is 705. The van der Waals surface area contributed by atoms with Crippen molar-refractivity contribution in [2.45, 2.75) is 13.8 Å². The molecule has 2 rings (SSSR count). The summed E-state index contributed by atoms with van der Waals surface area (Å²) in [6, 6.07) is 11.4. The number of benzene rings is 1. The van der Waals surface area contributed by atoms with Crippen molar-refractivity contribution in [1.82, 2.24) is 4.57 Å². The topological polar surface area (TPSA) is 45.8 Å². The van der Waals surface area contributed by atoms with Crippen LogP contribution < -0.4 is 5.56 Å². The number of aryl methyl sites for hydroxylation is 2. The van der Waals surface area contributed by atoms with Gasteiger partial charge < -0.3 is 4.57 Å².